The fourth-order valence-electron chi connectivity index (χ4n) is 4.20. The summed E-state index contributed by atoms with van der Waals surface area (Å²) in [4.78, 5) is 32.5. The maximum Gasteiger partial charge on any atom is 0.301 e. The Labute approximate surface area is 210 Å². The Morgan fingerprint density at radius 2 is 1.81 bits per heavy atom. The molecule has 0 spiro atoms. The topological polar surface area (TPSA) is 109 Å². The number of thiazole rings is 1. The normalized spacial score (nSPS) is 17.1. The van der Waals surface area contributed by atoms with Gasteiger partial charge >= 0.3 is 5.91 Å². The van der Waals surface area contributed by atoms with E-state index < -0.39 is 17.7 Å². The number of ketones is 1. The van der Waals surface area contributed by atoms with Crippen molar-refractivity contribution in [3.05, 3.63) is 83.4 Å². The van der Waals surface area contributed by atoms with E-state index in [2.05, 4.69) is 4.98 Å². The number of methoxy groups -OCH3 is 1. The number of benzene rings is 3. The van der Waals surface area contributed by atoms with Gasteiger partial charge in [0, 0.05) is 5.56 Å². The Morgan fingerprint density at radius 3 is 2.50 bits per heavy atom. The SMILES string of the molecule is CCOc1ccc2nc(N3C(=O)C(=O)/C(=C(/O)c4ccc(OC)cc4)C3c3cccc(O)c3)sc2c1. The summed E-state index contributed by atoms with van der Waals surface area (Å²) < 4.78 is 11.5. The number of hydrogen-bond acceptors (Lipinski definition) is 8. The van der Waals surface area contributed by atoms with Crippen molar-refractivity contribution in [2.24, 2.45) is 0 Å². The summed E-state index contributed by atoms with van der Waals surface area (Å²) >= 11 is 1.24. The molecule has 0 aliphatic carbocycles. The fourth-order valence-corrected chi connectivity index (χ4v) is 5.22. The second-order valence-electron chi connectivity index (χ2n) is 8.05. The van der Waals surface area contributed by atoms with Gasteiger partial charge in [0.15, 0.2) is 5.13 Å². The van der Waals surface area contributed by atoms with Gasteiger partial charge in [-0.05, 0) is 67.1 Å². The van der Waals surface area contributed by atoms with E-state index in [1.807, 2.05) is 13.0 Å². The second kappa shape index (κ2) is 9.35. The first-order chi connectivity index (χ1) is 17.4. The van der Waals surface area contributed by atoms with Crippen molar-refractivity contribution in [1.82, 2.24) is 4.98 Å². The standard InChI is InChI=1S/C27H22N2O6S/c1-3-35-19-11-12-20-21(14-19)36-27(28-20)29-23(16-5-4-6-17(30)13-16)22(25(32)26(29)33)24(31)15-7-9-18(34-2)10-8-15/h4-14,23,30-31H,3H2,1-2H3/b24-22+. The third kappa shape index (κ3) is 4.03. The van der Waals surface area contributed by atoms with Crippen LogP contribution in [0.1, 0.15) is 24.1 Å². The number of aliphatic hydroxyl groups is 1. The molecule has 1 aromatic heterocycles. The van der Waals surface area contributed by atoms with Crippen LogP contribution in [0, 0.1) is 0 Å². The Bertz CT molecular complexity index is 1510. The molecule has 1 fully saturated rings. The molecule has 2 N–H and O–H groups in total. The van der Waals surface area contributed by atoms with Crippen LogP contribution in [-0.4, -0.2) is 40.6 Å². The number of aromatic hydroxyl groups is 1. The van der Waals surface area contributed by atoms with Crippen LogP contribution in [0.25, 0.3) is 16.0 Å². The Kier molecular flexibility index (Phi) is 6.07. The molecule has 182 valence electrons. The van der Waals surface area contributed by atoms with E-state index in [0.717, 1.165) is 4.70 Å². The molecule has 1 atom stereocenters. The molecule has 4 aromatic rings. The third-order valence-corrected chi connectivity index (χ3v) is 6.88. The zero-order chi connectivity index (χ0) is 25.4. The van der Waals surface area contributed by atoms with Gasteiger partial charge < -0.3 is 19.7 Å². The molecule has 1 amide bonds. The van der Waals surface area contributed by atoms with Crippen molar-refractivity contribution in [3.63, 3.8) is 0 Å². The van der Waals surface area contributed by atoms with Crippen molar-refractivity contribution in [2.45, 2.75) is 13.0 Å². The number of phenolic OH excluding ortho intramolecular Hbond substituents is 1. The van der Waals surface area contributed by atoms with Crippen molar-refractivity contribution >= 4 is 44.1 Å². The van der Waals surface area contributed by atoms with E-state index in [1.54, 1.807) is 48.5 Å². The lowest BCUT2D eigenvalue weighted by Gasteiger charge is -2.23. The lowest BCUT2D eigenvalue weighted by Crippen LogP contribution is -2.29. The number of carbonyl (C=O) groups is 2. The van der Waals surface area contributed by atoms with Gasteiger partial charge in [-0.1, -0.05) is 23.5 Å². The molecular formula is C27H22N2O6S. The quantitative estimate of drug-likeness (QED) is 0.216. The molecule has 8 nitrogen and oxygen atoms in total. The van der Waals surface area contributed by atoms with Crippen molar-refractivity contribution < 1.29 is 29.3 Å². The molecule has 1 aliphatic heterocycles. The van der Waals surface area contributed by atoms with E-state index >= 15 is 0 Å². The van der Waals surface area contributed by atoms with Crippen LogP contribution in [0.2, 0.25) is 0 Å². The largest absolute Gasteiger partial charge is 0.508 e. The smallest absolute Gasteiger partial charge is 0.301 e. The number of fused-ring (bicyclic) bond motifs is 1. The summed E-state index contributed by atoms with van der Waals surface area (Å²) in [7, 11) is 1.53. The molecule has 3 aromatic carbocycles. The minimum absolute atomic E-state index is 0.0341. The van der Waals surface area contributed by atoms with Crippen molar-refractivity contribution in [1.29, 1.82) is 0 Å². The average Bonchev–Trinajstić information content (AvgIpc) is 3.41. The molecule has 5 rings (SSSR count). The van der Waals surface area contributed by atoms with Crippen LogP contribution in [0.4, 0.5) is 5.13 Å². The number of aliphatic hydroxyl groups excluding tert-OH is 1. The zero-order valence-electron chi connectivity index (χ0n) is 19.5. The summed E-state index contributed by atoms with van der Waals surface area (Å²) in [6.45, 7) is 2.40. The first-order valence-electron chi connectivity index (χ1n) is 11.2. The number of carbonyl (C=O) groups excluding carboxylic acids is 2. The molecule has 1 unspecified atom stereocenters. The second-order valence-corrected chi connectivity index (χ2v) is 9.06. The molecule has 0 saturated carbocycles. The highest BCUT2D eigenvalue weighted by Gasteiger charge is 2.48. The van der Waals surface area contributed by atoms with Crippen LogP contribution in [0.5, 0.6) is 17.2 Å². The number of phenols is 1. The van der Waals surface area contributed by atoms with Gasteiger partial charge in [0.2, 0.25) is 0 Å². The molecule has 36 heavy (non-hydrogen) atoms. The lowest BCUT2D eigenvalue weighted by atomic mass is 9.95. The predicted octanol–water partition coefficient (Wildman–Crippen LogP) is 5.04. The van der Waals surface area contributed by atoms with E-state index in [-0.39, 0.29) is 17.1 Å². The highest BCUT2D eigenvalue weighted by molar-refractivity contribution is 7.22. The van der Waals surface area contributed by atoms with Crippen LogP contribution in [-0.2, 0) is 9.59 Å². The number of nitrogens with zero attached hydrogens (tertiary/aromatic N) is 2. The molecule has 0 radical (unpaired) electrons. The average molecular weight is 503 g/mol. The number of anilines is 1. The summed E-state index contributed by atoms with van der Waals surface area (Å²) in [5, 5.41) is 21.7. The van der Waals surface area contributed by atoms with E-state index in [0.29, 0.717) is 39.9 Å². The van der Waals surface area contributed by atoms with Gasteiger partial charge in [-0.3, -0.25) is 14.5 Å². The number of amides is 1. The number of hydrogen-bond donors (Lipinski definition) is 2. The zero-order valence-corrected chi connectivity index (χ0v) is 20.3. The Morgan fingerprint density at radius 1 is 1.06 bits per heavy atom. The highest BCUT2D eigenvalue weighted by Crippen LogP contribution is 2.45. The van der Waals surface area contributed by atoms with Crippen LogP contribution >= 0.6 is 11.3 Å². The molecule has 0 bridgehead atoms. The summed E-state index contributed by atoms with van der Waals surface area (Å²) in [6.07, 6.45) is 0. The molecule has 2 heterocycles. The highest BCUT2D eigenvalue weighted by atomic mass is 32.1. The van der Waals surface area contributed by atoms with Gasteiger partial charge in [-0.2, -0.15) is 0 Å². The van der Waals surface area contributed by atoms with Crippen molar-refractivity contribution in [2.75, 3.05) is 18.6 Å². The molecule has 1 saturated heterocycles. The monoisotopic (exact) mass is 502 g/mol. The summed E-state index contributed by atoms with van der Waals surface area (Å²) in [5.41, 5.74) is 1.36. The van der Waals surface area contributed by atoms with Gasteiger partial charge in [-0.15, -0.1) is 0 Å². The van der Waals surface area contributed by atoms with Crippen molar-refractivity contribution in [3.8, 4) is 17.2 Å². The Hall–Kier alpha value is -4.37. The van der Waals surface area contributed by atoms with Gasteiger partial charge in [-0.25, -0.2) is 4.98 Å². The summed E-state index contributed by atoms with van der Waals surface area (Å²) in [6, 6.07) is 17.2. The number of ether oxygens (including phenoxy) is 2. The maximum atomic E-state index is 13.4. The Balaban J connectivity index is 1.68. The number of aromatic nitrogens is 1. The number of Topliss-reactive ketones (excluding diaryl/α,β-unsaturated/α-hetero) is 1. The first-order valence-corrected chi connectivity index (χ1v) is 12.0. The fraction of sp³-hybridized carbons (Fsp3) is 0.148. The number of rotatable bonds is 6. The van der Waals surface area contributed by atoms with E-state index in [9.17, 15) is 19.8 Å². The van der Waals surface area contributed by atoms with Crippen LogP contribution in [0.15, 0.2) is 72.3 Å². The van der Waals surface area contributed by atoms with Crippen LogP contribution < -0.4 is 14.4 Å². The molecule has 9 heteroatoms. The first kappa shape index (κ1) is 23.4. The van der Waals surface area contributed by atoms with E-state index in [4.69, 9.17) is 9.47 Å². The lowest BCUT2D eigenvalue weighted by molar-refractivity contribution is -0.132. The minimum atomic E-state index is -0.994. The minimum Gasteiger partial charge on any atom is -0.508 e. The maximum absolute atomic E-state index is 13.4. The molecular weight excluding hydrogens is 480 g/mol. The van der Waals surface area contributed by atoms with Crippen LogP contribution in [0.3, 0.4) is 0 Å². The third-order valence-electron chi connectivity index (χ3n) is 5.86. The predicted molar refractivity (Wildman–Crippen MR) is 137 cm³/mol. The molecule has 1 aliphatic rings. The summed E-state index contributed by atoms with van der Waals surface area (Å²) in [5.74, 6) is -0.767. The van der Waals surface area contributed by atoms with Gasteiger partial charge in [0.05, 0.1) is 35.5 Å². The van der Waals surface area contributed by atoms with E-state index in [1.165, 1.54) is 35.5 Å². The van der Waals surface area contributed by atoms with Gasteiger partial charge in [0.25, 0.3) is 5.78 Å². The van der Waals surface area contributed by atoms with Gasteiger partial charge in [0.1, 0.15) is 23.0 Å².